The fourth-order valence-corrected chi connectivity index (χ4v) is 2.05. The first kappa shape index (κ1) is 15.4. The number of ether oxygens (including phenoxy) is 1. The van der Waals surface area contributed by atoms with Gasteiger partial charge in [0.1, 0.15) is 17.3 Å². The molecule has 0 bridgehead atoms. The molecule has 1 N–H and O–H groups in total. The summed E-state index contributed by atoms with van der Waals surface area (Å²) in [7, 11) is 0. The molecule has 1 aromatic carbocycles. The highest BCUT2D eigenvalue weighted by atomic mass is 35.5. The molecule has 1 aromatic heterocycles. The number of halogens is 1. The van der Waals surface area contributed by atoms with Gasteiger partial charge in [-0.3, -0.25) is 4.79 Å². The quantitative estimate of drug-likeness (QED) is 0.912. The van der Waals surface area contributed by atoms with Crippen LogP contribution in [0.25, 0.3) is 0 Å². The van der Waals surface area contributed by atoms with Crippen molar-refractivity contribution < 1.29 is 13.9 Å². The smallest absolute Gasteiger partial charge is 0.261 e. The van der Waals surface area contributed by atoms with Gasteiger partial charge in [-0.05, 0) is 45.0 Å². The molecular weight excluding hydrogens is 290 g/mol. The van der Waals surface area contributed by atoms with Gasteiger partial charge in [0.2, 0.25) is 0 Å². The maximum atomic E-state index is 12.1. The molecule has 2 rings (SSSR count). The Morgan fingerprint density at radius 3 is 2.57 bits per heavy atom. The second kappa shape index (κ2) is 6.68. The topological polar surface area (TPSA) is 51.5 Å². The number of hydrogen-bond acceptors (Lipinski definition) is 3. The van der Waals surface area contributed by atoms with Gasteiger partial charge in [0.25, 0.3) is 5.91 Å². The van der Waals surface area contributed by atoms with E-state index in [1.807, 2.05) is 26.0 Å². The Bertz CT molecular complexity index is 623. The van der Waals surface area contributed by atoms with Crippen LogP contribution in [0, 0.1) is 6.92 Å². The van der Waals surface area contributed by atoms with Crippen molar-refractivity contribution in [2.24, 2.45) is 0 Å². The van der Waals surface area contributed by atoms with E-state index in [1.54, 1.807) is 31.2 Å². The number of nitrogens with one attached hydrogen (secondary N) is 1. The zero-order valence-electron chi connectivity index (χ0n) is 12.2. The number of rotatable bonds is 5. The predicted octanol–water partition coefficient (Wildman–Crippen LogP) is 3.89. The van der Waals surface area contributed by atoms with E-state index in [9.17, 15) is 4.79 Å². The molecule has 0 saturated heterocycles. The SMILES string of the molecule is Cc1ccc(C(C)NC(=O)C(C)Oc2ccccc2Cl)o1. The Hall–Kier alpha value is -1.94. The van der Waals surface area contributed by atoms with Crippen LogP contribution in [0.2, 0.25) is 5.02 Å². The molecule has 0 radical (unpaired) electrons. The highest BCUT2D eigenvalue weighted by molar-refractivity contribution is 6.32. The van der Waals surface area contributed by atoms with Gasteiger partial charge in [-0.15, -0.1) is 0 Å². The van der Waals surface area contributed by atoms with Crippen molar-refractivity contribution in [3.8, 4) is 5.75 Å². The van der Waals surface area contributed by atoms with Gasteiger partial charge in [-0.1, -0.05) is 23.7 Å². The Labute approximate surface area is 129 Å². The lowest BCUT2D eigenvalue weighted by molar-refractivity contribution is -0.128. The van der Waals surface area contributed by atoms with Gasteiger partial charge >= 0.3 is 0 Å². The lowest BCUT2D eigenvalue weighted by Crippen LogP contribution is -2.37. The van der Waals surface area contributed by atoms with Crippen molar-refractivity contribution in [3.63, 3.8) is 0 Å². The first-order chi connectivity index (χ1) is 9.97. The van der Waals surface area contributed by atoms with E-state index in [0.717, 1.165) is 5.76 Å². The van der Waals surface area contributed by atoms with E-state index >= 15 is 0 Å². The number of carbonyl (C=O) groups excluding carboxylic acids is 1. The number of furan rings is 1. The van der Waals surface area contributed by atoms with Crippen LogP contribution in [0.4, 0.5) is 0 Å². The van der Waals surface area contributed by atoms with Gasteiger partial charge in [-0.25, -0.2) is 0 Å². The molecule has 4 nitrogen and oxygen atoms in total. The summed E-state index contributed by atoms with van der Waals surface area (Å²) in [5, 5.41) is 3.33. The highest BCUT2D eigenvalue weighted by Gasteiger charge is 2.19. The highest BCUT2D eigenvalue weighted by Crippen LogP contribution is 2.24. The van der Waals surface area contributed by atoms with Gasteiger partial charge in [0, 0.05) is 0 Å². The number of aryl methyl sites for hydroxylation is 1. The summed E-state index contributed by atoms with van der Waals surface area (Å²) in [6.07, 6.45) is -0.650. The molecule has 0 spiro atoms. The Kier molecular flexibility index (Phi) is 4.91. The first-order valence-corrected chi connectivity index (χ1v) is 7.13. The Morgan fingerprint density at radius 2 is 1.95 bits per heavy atom. The standard InChI is InChI=1S/C16H18ClNO3/c1-10-8-9-14(20-10)11(2)18-16(19)12(3)21-15-7-5-4-6-13(15)17/h4-9,11-12H,1-3H3,(H,18,19). The molecule has 1 heterocycles. The largest absolute Gasteiger partial charge is 0.479 e. The number of para-hydroxylation sites is 1. The lowest BCUT2D eigenvalue weighted by Gasteiger charge is -2.18. The third-order valence-corrected chi connectivity index (χ3v) is 3.37. The summed E-state index contributed by atoms with van der Waals surface area (Å²) < 4.78 is 11.1. The fourth-order valence-electron chi connectivity index (χ4n) is 1.87. The average molecular weight is 308 g/mol. The van der Waals surface area contributed by atoms with Crippen LogP contribution in [0.1, 0.15) is 31.4 Å². The normalized spacial score (nSPS) is 13.5. The summed E-state index contributed by atoms with van der Waals surface area (Å²) in [4.78, 5) is 12.1. The van der Waals surface area contributed by atoms with Crippen LogP contribution in [0.3, 0.4) is 0 Å². The maximum absolute atomic E-state index is 12.1. The summed E-state index contributed by atoms with van der Waals surface area (Å²) in [6.45, 7) is 5.40. The predicted molar refractivity (Wildman–Crippen MR) is 81.5 cm³/mol. The number of benzene rings is 1. The Balaban J connectivity index is 1.95. The molecule has 1 amide bonds. The second-order valence-corrected chi connectivity index (χ2v) is 5.28. The first-order valence-electron chi connectivity index (χ1n) is 6.75. The van der Waals surface area contributed by atoms with Crippen LogP contribution in [-0.2, 0) is 4.79 Å². The van der Waals surface area contributed by atoms with E-state index in [-0.39, 0.29) is 11.9 Å². The van der Waals surface area contributed by atoms with Gasteiger partial charge < -0.3 is 14.5 Å². The van der Waals surface area contributed by atoms with Crippen LogP contribution in [0.15, 0.2) is 40.8 Å². The van der Waals surface area contributed by atoms with Crippen LogP contribution in [-0.4, -0.2) is 12.0 Å². The zero-order valence-corrected chi connectivity index (χ0v) is 13.0. The van der Waals surface area contributed by atoms with Crippen LogP contribution >= 0.6 is 11.6 Å². The third kappa shape index (κ3) is 4.02. The molecule has 2 aromatic rings. The van der Waals surface area contributed by atoms with Gasteiger partial charge in [-0.2, -0.15) is 0 Å². The minimum atomic E-state index is -0.650. The minimum absolute atomic E-state index is 0.219. The van der Waals surface area contributed by atoms with Crippen molar-refractivity contribution in [1.82, 2.24) is 5.32 Å². The zero-order chi connectivity index (χ0) is 15.4. The van der Waals surface area contributed by atoms with Crippen LogP contribution in [0.5, 0.6) is 5.75 Å². The molecule has 0 saturated carbocycles. The summed E-state index contributed by atoms with van der Waals surface area (Å²) >= 11 is 6.01. The maximum Gasteiger partial charge on any atom is 0.261 e. The lowest BCUT2D eigenvalue weighted by atomic mass is 10.2. The molecule has 0 aliphatic heterocycles. The van der Waals surface area contributed by atoms with E-state index in [0.29, 0.717) is 16.5 Å². The van der Waals surface area contributed by atoms with Crippen LogP contribution < -0.4 is 10.1 Å². The number of amides is 1. The summed E-state index contributed by atoms with van der Waals surface area (Å²) in [6, 6.07) is 10.5. The molecular formula is C16H18ClNO3. The molecule has 0 aliphatic carbocycles. The second-order valence-electron chi connectivity index (χ2n) is 4.87. The van der Waals surface area contributed by atoms with E-state index < -0.39 is 6.10 Å². The van der Waals surface area contributed by atoms with E-state index in [2.05, 4.69) is 5.32 Å². The van der Waals surface area contributed by atoms with Gasteiger partial charge in [0.15, 0.2) is 6.10 Å². The van der Waals surface area contributed by atoms with Crippen molar-refractivity contribution in [2.45, 2.75) is 32.9 Å². The number of hydrogen-bond donors (Lipinski definition) is 1. The molecule has 5 heteroatoms. The molecule has 0 aliphatic rings. The van der Waals surface area contributed by atoms with Gasteiger partial charge in [0.05, 0.1) is 11.1 Å². The molecule has 2 unspecified atom stereocenters. The summed E-state index contributed by atoms with van der Waals surface area (Å²) in [5.74, 6) is 1.79. The van der Waals surface area contributed by atoms with Crippen molar-refractivity contribution in [3.05, 3.63) is 52.9 Å². The summed E-state index contributed by atoms with van der Waals surface area (Å²) in [5.41, 5.74) is 0. The molecule has 0 fully saturated rings. The third-order valence-electron chi connectivity index (χ3n) is 3.06. The fraction of sp³-hybridized carbons (Fsp3) is 0.312. The van der Waals surface area contributed by atoms with Crippen molar-refractivity contribution in [2.75, 3.05) is 0 Å². The molecule has 112 valence electrons. The van der Waals surface area contributed by atoms with Crippen molar-refractivity contribution >= 4 is 17.5 Å². The van der Waals surface area contributed by atoms with E-state index in [4.69, 9.17) is 20.8 Å². The number of carbonyl (C=O) groups is 1. The van der Waals surface area contributed by atoms with Crippen molar-refractivity contribution in [1.29, 1.82) is 0 Å². The Morgan fingerprint density at radius 1 is 1.24 bits per heavy atom. The average Bonchev–Trinajstić information content (AvgIpc) is 2.88. The molecule has 2 atom stereocenters. The minimum Gasteiger partial charge on any atom is -0.479 e. The molecule has 21 heavy (non-hydrogen) atoms. The van der Waals surface area contributed by atoms with E-state index in [1.165, 1.54) is 0 Å². The monoisotopic (exact) mass is 307 g/mol.